The Morgan fingerprint density at radius 1 is 1.32 bits per heavy atom. The fourth-order valence-electron chi connectivity index (χ4n) is 4.25. The molecular weight excluding hydrogens is 392 g/mol. The number of nitriles is 1. The molecule has 0 radical (unpaired) electrons. The molecule has 1 aliphatic rings. The first-order valence-electron chi connectivity index (χ1n) is 10.8. The second kappa shape index (κ2) is 8.50. The molecule has 1 atom stereocenters. The summed E-state index contributed by atoms with van der Waals surface area (Å²) >= 11 is 0. The van der Waals surface area contributed by atoms with E-state index in [1.807, 2.05) is 50.1 Å². The van der Waals surface area contributed by atoms with E-state index in [1.54, 1.807) is 10.8 Å². The highest BCUT2D eigenvalue weighted by Gasteiger charge is 2.27. The van der Waals surface area contributed by atoms with Crippen LogP contribution in [0.2, 0.25) is 0 Å². The summed E-state index contributed by atoms with van der Waals surface area (Å²) in [5.41, 5.74) is 1.94. The lowest BCUT2D eigenvalue weighted by Crippen LogP contribution is -2.23. The largest absolute Gasteiger partial charge is 0.443 e. The molecule has 0 aliphatic heterocycles. The van der Waals surface area contributed by atoms with Gasteiger partial charge in [0.2, 0.25) is 0 Å². The SMILES string of the molecule is CC(C)(C)C(=O)OCn1ccc2c(-c3cnn(C(CC#N)C4CCCC4)c3)cnnc21. The Balaban J connectivity index is 1.60. The van der Waals surface area contributed by atoms with Crippen LogP contribution in [0.3, 0.4) is 0 Å². The summed E-state index contributed by atoms with van der Waals surface area (Å²) in [5.74, 6) is 0.233. The summed E-state index contributed by atoms with van der Waals surface area (Å²) in [6, 6.07) is 4.39. The molecule has 4 rings (SSSR count). The normalized spacial score (nSPS) is 15.8. The van der Waals surface area contributed by atoms with E-state index in [0.29, 0.717) is 18.0 Å². The number of rotatable bonds is 6. The van der Waals surface area contributed by atoms with Gasteiger partial charge in [0.15, 0.2) is 12.4 Å². The van der Waals surface area contributed by atoms with Crippen molar-refractivity contribution in [3.63, 3.8) is 0 Å². The third-order valence-electron chi connectivity index (χ3n) is 6.01. The fraction of sp³-hybridized carbons (Fsp3) is 0.522. The third-order valence-corrected chi connectivity index (χ3v) is 6.01. The van der Waals surface area contributed by atoms with Gasteiger partial charge >= 0.3 is 5.97 Å². The van der Waals surface area contributed by atoms with Crippen molar-refractivity contribution in [1.82, 2.24) is 24.5 Å². The van der Waals surface area contributed by atoms with E-state index in [-0.39, 0.29) is 18.7 Å². The molecule has 0 saturated heterocycles. The summed E-state index contributed by atoms with van der Waals surface area (Å²) in [4.78, 5) is 12.1. The standard InChI is InChI=1S/C23H28N6O2/c1-23(2,3)22(30)31-15-28-11-9-18-19(13-25-27-21(18)28)17-12-26-29(14-17)20(8-10-24)16-6-4-5-7-16/h9,11-14,16,20H,4-8,15H2,1-3H3. The number of nitrogens with zero attached hydrogens (tertiary/aromatic N) is 6. The Morgan fingerprint density at radius 2 is 2.10 bits per heavy atom. The molecule has 3 aromatic heterocycles. The molecule has 1 aliphatic carbocycles. The number of fused-ring (bicyclic) bond motifs is 1. The molecule has 3 aromatic rings. The Bertz CT molecular complexity index is 1110. The van der Waals surface area contributed by atoms with Crippen LogP contribution in [0.5, 0.6) is 0 Å². The highest BCUT2D eigenvalue weighted by Crippen LogP contribution is 2.37. The predicted molar refractivity (Wildman–Crippen MR) is 116 cm³/mol. The highest BCUT2D eigenvalue weighted by atomic mass is 16.5. The minimum absolute atomic E-state index is 0.0862. The Morgan fingerprint density at radius 3 is 2.81 bits per heavy atom. The van der Waals surface area contributed by atoms with E-state index >= 15 is 0 Å². The summed E-state index contributed by atoms with van der Waals surface area (Å²) in [5, 5.41) is 23.2. The molecule has 0 aromatic carbocycles. The van der Waals surface area contributed by atoms with E-state index in [1.165, 1.54) is 12.8 Å². The molecule has 0 N–H and O–H groups in total. The minimum atomic E-state index is -0.562. The number of carbonyl (C=O) groups excluding carboxylic acids is 1. The van der Waals surface area contributed by atoms with E-state index in [2.05, 4.69) is 21.4 Å². The van der Waals surface area contributed by atoms with Crippen molar-refractivity contribution in [2.75, 3.05) is 0 Å². The monoisotopic (exact) mass is 420 g/mol. The van der Waals surface area contributed by atoms with Crippen LogP contribution in [-0.4, -0.2) is 30.5 Å². The van der Waals surface area contributed by atoms with Gasteiger partial charge in [-0.3, -0.25) is 14.0 Å². The zero-order valence-electron chi connectivity index (χ0n) is 18.3. The molecule has 1 fully saturated rings. The van der Waals surface area contributed by atoms with Crippen molar-refractivity contribution in [3.05, 3.63) is 30.9 Å². The van der Waals surface area contributed by atoms with Gasteiger partial charge in [-0.25, -0.2) is 0 Å². The minimum Gasteiger partial charge on any atom is -0.443 e. The summed E-state index contributed by atoms with van der Waals surface area (Å²) in [6.07, 6.45) is 12.6. The van der Waals surface area contributed by atoms with Crippen LogP contribution in [0.25, 0.3) is 22.2 Å². The molecule has 0 spiro atoms. The zero-order valence-corrected chi connectivity index (χ0v) is 18.3. The molecule has 1 saturated carbocycles. The van der Waals surface area contributed by atoms with Crippen molar-refractivity contribution in [2.45, 2.75) is 65.6 Å². The fourth-order valence-corrected chi connectivity index (χ4v) is 4.25. The van der Waals surface area contributed by atoms with Crippen molar-refractivity contribution >= 4 is 17.0 Å². The molecule has 31 heavy (non-hydrogen) atoms. The van der Waals surface area contributed by atoms with E-state index in [9.17, 15) is 10.1 Å². The number of ether oxygens (including phenoxy) is 1. The van der Waals surface area contributed by atoms with Crippen LogP contribution in [0.1, 0.15) is 58.9 Å². The molecule has 8 nitrogen and oxygen atoms in total. The molecule has 162 valence electrons. The first kappa shape index (κ1) is 21.0. The van der Waals surface area contributed by atoms with Crippen LogP contribution in [-0.2, 0) is 16.3 Å². The van der Waals surface area contributed by atoms with Gasteiger partial charge in [-0.2, -0.15) is 15.5 Å². The van der Waals surface area contributed by atoms with Crippen molar-refractivity contribution in [2.24, 2.45) is 11.3 Å². The summed E-state index contributed by atoms with van der Waals surface area (Å²) in [7, 11) is 0. The number of carbonyl (C=O) groups is 1. The van der Waals surface area contributed by atoms with E-state index < -0.39 is 5.41 Å². The van der Waals surface area contributed by atoms with Gasteiger partial charge in [0.25, 0.3) is 0 Å². The van der Waals surface area contributed by atoms with Gasteiger partial charge in [-0.1, -0.05) is 12.8 Å². The van der Waals surface area contributed by atoms with Crippen LogP contribution in [0.15, 0.2) is 30.9 Å². The third kappa shape index (κ3) is 4.31. The lowest BCUT2D eigenvalue weighted by atomic mass is 9.96. The average Bonchev–Trinajstić information content (AvgIpc) is 3.50. The van der Waals surface area contributed by atoms with E-state index in [4.69, 9.17) is 4.74 Å². The van der Waals surface area contributed by atoms with Crippen LogP contribution in [0, 0.1) is 22.7 Å². The molecule has 0 amide bonds. The molecule has 1 unspecified atom stereocenters. The number of aromatic nitrogens is 5. The summed E-state index contributed by atoms with van der Waals surface area (Å²) in [6.45, 7) is 5.56. The molecule has 3 heterocycles. The maximum atomic E-state index is 12.1. The number of hydrogen-bond donors (Lipinski definition) is 0. The van der Waals surface area contributed by atoms with Crippen molar-refractivity contribution in [1.29, 1.82) is 5.26 Å². The van der Waals surface area contributed by atoms with Gasteiger partial charge in [-0.05, 0) is 45.6 Å². The van der Waals surface area contributed by atoms with Crippen molar-refractivity contribution < 1.29 is 9.53 Å². The Hall–Kier alpha value is -3.21. The Kier molecular flexibility index (Phi) is 5.77. The van der Waals surface area contributed by atoms with Gasteiger partial charge in [0.05, 0.1) is 36.3 Å². The van der Waals surface area contributed by atoms with Crippen molar-refractivity contribution in [3.8, 4) is 17.2 Å². The first-order chi connectivity index (χ1) is 14.9. The quantitative estimate of drug-likeness (QED) is 0.545. The lowest BCUT2D eigenvalue weighted by molar-refractivity contribution is -0.156. The van der Waals surface area contributed by atoms with E-state index in [0.717, 1.165) is 29.4 Å². The van der Waals surface area contributed by atoms with Crippen LogP contribution >= 0.6 is 0 Å². The van der Waals surface area contributed by atoms with Gasteiger partial charge < -0.3 is 4.74 Å². The maximum absolute atomic E-state index is 12.1. The number of esters is 1. The Labute approximate surface area is 181 Å². The predicted octanol–water partition coefficient (Wildman–Crippen LogP) is 4.49. The second-order valence-corrected chi connectivity index (χ2v) is 9.28. The molecular formula is C23H28N6O2. The first-order valence-corrected chi connectivity index (χ1v) is 10.8. The van der Waals surface area contributed by atoms with Crippen LogP contribution < -0.4 is 0 Å². The smallest absolute Gasteiger partial charge is 0.312 e. The van der Waals surface area contributed by atoms with Crippen LogP contribution in [0.4, 0.5) is 0 Å². The second-order valence-electron chi connectivity index (χ2n) is 9.28. The van der Waals surface area contributed by atoms with Gasteiger partial charge in [0.1, 0.15) is 0 Å². The lowest BCUT2D eigenvalue weighted by Gasteiger charge is -2.21. The average molecular weight is 421 g/mol. The zero-order chi connectivity index (χ0) is 22.0. The highest BCUT2D eigenvalue weighted by molar-refractivity contribution is 5.92. The summed E-state index contributed by atoms with van der Waals surface area (Å²) < 4.78 is 9.16. The topological polar surface area (TPSA) is 98.6 Å². The van der Waals surface area contributed by atoms with Gasteiger partial charge in [-0.15, -0.1) is 5.10 Å². The molecule has 8 heteroatoms. The molecule has 0 bridgehead atoms. The van der Waals surface area contributed by atoms with Gasteiger partial charge in [0, 0.05) is 28.9 Å². The maximum Gasteiger partial charge on any atom is 0.312 e. The number of hydrogen-bond acceptors (Lipinski definition) is 6.